The lowest BCUT2D eigenvalue weighted by molar-refractivity contribution is 0.415. The van der Waals surface area contributed by atoms with Crippen LogP contribution in [-0.2, 0) is 6.54 Å². The van der Waals surface area contributed by atoms with E-state index in [1.54, 1.807) is 11.3 Å². The Morgan fingerprint density at radius 3 is 2.60 bits per heavy atom. The molecule has 1 aliphatic heterocycles. The van der Waals surface area contributed by atoms with Crippen molar-refractivity contribution in [2.24, 2.45) is 0 Å². The molecule has 2 aromatic rings. The summed E-state index contributed by atoms with van der Waals surface area (Å²) in [6.45, 7) is 3.14. The summed E-state index contributed by atoms with van der Waals surface area (Å²) in [5.74, 6) is 0. The molecular formula is C15H18ClN3S. The fourth-order valence-corrected chi connectivity index (χ4v) is 3.63. The zero-order valence-corrected chi connectivity index (χ0v) is 12.8. The van der Waals surface area contributed by atoms with Crippen molar-refractivity contribution >= 4 is 28.6 Å². The van der Waals surface area contributed by atoms with Crippen molar-refractivity contribution in [1.82, 2.24) is 10.3 Å². The highest BCUT2D eigenvalue weighted by molar-refractivity contribution is 7.16. The van der Waals surface area contributed by atoms with Crippen LogP contribution in [0.5, 0.6) is 0 Å². The van der Waals surface area contributed by atoms with E-state index in [9.17, 15) is 0 Å². The first-order valence-corrected chi connectivity index (χ1v) is 8.13. The summed E-state index contributed by atoms with van der Waals surface area (Å²) in [6.07, 6.45) is 6.09. The van der Waals surface area contributed by atoms with Gasteiger partial charge in [0, 0.05) is 48.6 Å². The van der Waals surface area contributed by atoms with E-state index in [-0.39, 0.29) is 0 Å². The number of piperidine rings is 1. The minimum absolute atomic E-state index is 0.606. The lowest BCUT2D eigenvalue weighted by Gasteiger charge is -2.34. The molecule has 0 amide bonds. The van der Waals surface area contributed by atoms with Crippen molar-refractivity contribution in [3.8, 4) is 0 Å². The second-order valence-corrected chi connectivity index (χ2v) is 6.85. The van der Waals surface area contributed by atoms with Gasteiger partial charge in [-0.2, -0.15) is 0 Å². The fourth-order valence-electron chi connectivity index (χ4n) is 2.59. The zero-order chi connectivity index (χ0) is 13.8. The number of pyridine rings is 1. The molecule has 3 nitrogen and oxygen atoms in total. The van der Waals surface area contributed by atoms with Crippen LogP contribution in [0, 0.1) is 0 Å². The maximum Gasteiger partial charge on any atom is 0.0931 e. The Morgan fingerprint density at radius 2 is 1.95 bits per heavy atom. The molecule has 1 aliphatic rings. The van der Waals surface area contributed by atoms with Gasteiger partial charge >= 0.3 is 0 Å². The summed E-state index contributed by atoms with van der Waals surface area (Å²) in [4.78, 5) is 7.82. The number of hydrogen-bond donors (Lipinski definition) is 1. The minimum Gasteiger partial charge on any atom is -0.371 e. The Labute approximate surface area is 128 Å². The maximum absolute atomic E-state index is 5.95. The molecule has 0 unspecified atom stereocenters. The van der Waals surface area contributed by atoms with Crippen molar-refractivity contribution in [2.45, 2.75) is 25.4 Å². The SMILES string of the molecule is Clc1ccc(CNC2CCN(c3ccncc3)CC2)s1. The predicted octanol–water partition coefficient (Wildman–Crippen LogP) is 3.56. The Morgan fingerprint density at radius 1 is 1.20 bits per heavy atom. The average molecular weight is 308 g/mol. The molecule has 0 bridgehead atoms. The quantitative estimate of drug-likeness (QED) is 0.936. The van der Waals surface area contributed by atoms with Gasteiger partial charge in [0.15, 0.2) is 0 Å². The van der Waals surface area contributed by atoms with Crippen LogP contribution >= 0.6 is 22.9 Å². The number of hydrogen-bond acceptors (Lipinski definition) is 4. The molecule has 0 saturated carbocycles. The Bertz CT molecular complexity index is 535. The van der Waals surface area contributed by atoms with E-state index in [2.05, 4.69) is 33.4 Å². The number of aromatic nitrogens is 1. The van der Waals surface area contributed by atoms with Gasteiger partial charge in [-0.15, -0.1) is 11.3 Å². The van der Waals surface area contributed by atoms with E-state index >= 15 is 0 Å². The van der Waals surface area contributed by atoms with E-state index in [0.717, 1.165) is 24.0 Å². The number of anilines is 1. The molecule has 20 heavy (non-hydrogen) atoms. The van der Waals surface area contributed by atoms with Crippen molar-refractivity contribution in [3.05, 3.63) is 45.9 Å². The van der Waals surface area contributed by atoms with Crippen LogP contribution < -0.4 is 10.2 Å². The van der Waals surface area contributed by atoms with Gasteiger partial charge in [0.05, 0.1) is 4.34 Å². The molecule has 3 heterocycles. The Kier molecular flexibility index (Phi) is 4.55. The first-order chi connectivity index (χ1) is 9.81. The number of thiophene rings is 1. The summed E-state index contributed by atoms with van der Waals surface area (Å²) in [5, 5.41) is 3.64. The van der Waals surface area contributed by atoms with Gasteiger partial charge in [0.25, 0.3) is 0 Å². The molecule has 106 valence electrons. The van der Waals surface area contributed by atoms with Gasteiger partial charge in [-0.3, -0.25) is 4.98 Å². The lowest BCUT2D eigenvalue weighted by Crippen LogP contribution is -2.42. The molecular weight excluding hydrogens is 290 g/mol. The third-order valence-electron chi connectivity index (χ3n) is 3.72. The first kappa shape index (κ1) is 13.9. The highest BCUT2D eigenvalue weighted by atomic mass is 35.5. The molecule has 0 radical (unpaired) electrons. The van der Waals surface area contributed by atoms with Crippen LogP contribution in [0.25, 0.3) is 0 Å². The molecule has 0 aromatic carbocycles. The van der Waals surface area contributed by atoms with E-state index < -0.39 is 0 Å². The summed E-state index contributed by atoms with van der Waals surface area (Å²) in [6, 6.07) is 8.85. The van der Waals surface area contributed by atoms with Gasteiger partial charge in [-0.05, 0) is 37.1 Å². The van der Waals surface area contributed by atoms with Crippen LogP contribution in [0.3, 0.4) is 0 Å². The minimum atomic E-state index is 0.606. The van der Waals surface area contributed by atoms with Crippen molar-refractivity contribution in [2.75, 3.05) is 18.0 Å². The first-order valence-electron chi connectivity index (χ1n) is 6.94. The molecule has 1 fully saturated rings. The highest BCUT2D eigenvalue weighted by Gasteiger charge is 2.18. The monoisotopic (exact) mass is 307 g/mol. The van der Waals surface area contributed by atoms with E-state index in [0.29, 0.717) is 6.04 Å². The molecule has 5 heteroatoms. The lowest BCUT2D eigenvalue weighted by atomic mass is 10.0. The largest absolute Gasteiger partial charge is 0.371 e. The van der Waals surface area contributed by atoms with E-state index in [4.69, 9.17) is 11.6 Å². The second-order valence-electron chi connectivity index (χ2n) is 5.05. The standard InChI is InChI=1S/C15H18ClN3S/c16-15-2-1-14(20-15)11-18-12-5-9-19(10-6-12)13-3-7-17-8-4-13/h1-4,7-8,12,18H,5-6,9-11H2. The van der Waals surface area contributed by atoms with Crippen LogP contribution in [0.15, 0.2) is 36.7 Å². The normalized spacial score (nSPS) is 16.6. The molecule has 2 aromatic heterocycles. The summed E-state index contributed by atoms with van der Waals surface area (Å²) >= 11 is 7.61. The van der Waals surface area contributed by atoms with Crippen LogP contribution in [0.2, 0.25) is 4.34 Å². The summed E-state index contributed by atoms with van der Waals surface area (Å²) in [7, 11) is 0. The van der Waals surface area contributed by atoms with Gasteiger partial charge in [-0.1, -0.05) is 11.6 Å². The maximum atomic E-state index is 5.95. The van der Waals surface area contributed by atoms with E-state index in [1.165, 1.54) is 23.4 Å². The van der Waals surface area contributed by atoms with Gasteiger partial charge in [0.2, 0.25) is 0 Å². The van der Waals surface area contributed by atoms with Gasteiger partial charge in [-0.25, -0.2) is 0 Å². The second kappa shape index (κ2) is 6.57. The summed E-state index contributed by atoms with van der Waals surface area (Å²) in [5.41, 5.74) is 1.28. The smallest absolute Gasteiger partial charge is 0.0931 e. The van der Waals surface area contributed by atoms with Gasteiger partial charge < -0.3 is 10.2 Å². The number of rotatable bonds is 4. The van der Waals surface area contributed by atoms with Gasteiger partial charge in [0.1, 0.15) is 0 Å². The average Bonchev–Trinajstić information content (AvgIpc) is 2.92. The van der Waals surface area contributed by atoms with Crippen molar-refractivity contribution < 1.29 is 0 Å². The third kappa shape index (κ3) is 3.51. The predicted molar refractivity (Wildman–Crippen MR) is 85.6 cm³/mol. The number of halogens is 1. The number of nitrogens with zero attached hydrogens (tertiary/aromatic N) is 2. The highest BCUT2D eigenvalue weighted by Crippen LogP contribution is 2.22. The molecule has 0 aliphatic carbocycles. The Hall–Kier alpha value is -1.10. The van der Waals surface area contributed by atoms with E-state index in [1.807, 2.05) is 18.5 Å². The molecule has 1 saturated heterocycles. The third-order valence-corrected chi connectivity index (χ3v) is 4.95. The van der Waals surface area contributed by atoms with Crippen LogP contribution in [0.4, 0.5) is 5.69 Å². The Balaban J connectivity index is 1.47. The van der Waals surface area contributed by atoms with Crippen LogP contribution in [0.1, 0.15) is 17.7 Å². The molecule has 3 rings (SSSR count). The molecule has 0 atom stereocenters. The van der Waals surface area contributed by atoms with Crippen molar-refractivity contribution in [3.63, 3.8) is 0 Å². The molecule has 0 spiro atoms. The topological polar surface area (TPSA) is 28.2 Å². The molecule has 1 N–H and O–H groups in total. The zero-order valence-electron chi connectivity index (χ0n) is 11.3. The fraction of sp³-hybridized carbons (Fsp3) is 0.400. The number of nitrogens with one attached hydrogen (secondary N) is 1. The summed E-state index contributed by atoms with van der Waals surface area (Å²) < 4.78 is 0.870. The van der Waals surface area contributed by atoms with Crippen molar-refractivity contribution in [1.29, 1.82) is 0 Å². The van der Waals surface area contributed by atoms with Crippen LogP contribution in [-0.4, -0.2) is 24.1 Å².